The highest BCUT2D eigenvalue weighted by Crippen LogP contribution is 2.22. The molecule has 28 heavy (non-hydrogen) atoms. The Labute approximate surface area is 164 Å². The molecular weight excluding hydrogens is 382 g/mol. The van der Waals surface area contributed by atoms with Crippen molar-refractivity contribution < 1.29 is 22.7 Å². The van der Waals surface area contributed by atoms with E-state index in [1.54, 1.807) is 55.5 Å². The fourth-order valence-corrected chi connectivity index (χ4v) is 3.08. The lowest BCUT2D eigenvalue weighted by atomic mass is 10.0. The predicted octanol–water partition coefficient (Wildman–Crippen LogP) is 1.34. The summed E-state index contributed by atoms with van der Waals surface area (Å²) in [5, 5.41) is 2.57. The Hall–Kier alpha value is -2.91. The smallest absolute Gasteiger partial charge is 0.329 e. The molecule has 0 aliphatic rings. The minimum Gasteiger partial charge on any atom is -0.467 e. The molecule has 0 radical (unpaired) electrons. The minimum absolute atomic E-state index is 0.369. The van der Waals surface area contributed by atoms with Crippen LogP contribution in [0.25, 0.3) is 11.1 Å². The van der Waals surface area contributed by atoms with Crippen LogP contribution in [0.15, 0.2) is 48.5 Å². The number of rotatable bonds is 7. The molecule has 9 heteroatoms. The number of ether oxygens (including phenoxy) is 1. The Balaban J connectivity index is 2.12. The molecule has 0 bridgehead atoms. The normalized spacial score (nSPS) is 13.3. The number of esters is 1. The summed E-state index contributed by atoms with van der Waals surface area (Å²) in [6, 6.07) is 12.1. The number of amides is 1. The van der Waals surface area contributed by atoms with Crippen molar-refractivity contribution in [3.05, 3.63) is 54.1 Å². The van der Waals surface area contributed by atoms with Crippen LogP contribution in [0.1, 0.15) is 17.3 Å². The number of nitrogens with one attached hydrogen (secondary N) is 2. The van der Waals surface area contributed by atoms with Crippen molar-refractivity contribution >= 4 is 27.6 Å². The third kappa shape index (κ3) is 5.80. The number of hydrogen-bond acceptors (Lipinski definition) is 6. The fraction of sp³-hybridized carbons (Fsp3) is 0.263. The van der Waals surface area contributed by atoms with Crippen LogP contribution in [-0.2, 0) is 19.6 Å². The minimum atomic E-state index is -3.33. The number of sulfonamides is 1. The second kappa shape index (κ2) is 8.85. The van der Waals surface area contributed by atoms with Gasteiger partial charge in [0.15, 0.2) is 0 Å². The van der Waals surface area contributed by atoms with E-state index in [2.05, 4.69) is 14.8 Å². The monoisotopic (exact) mass is 405 g/mol. The standard InChI is InChI=1S/C19H23N3O5S/c1-12(20)17(19(24)27-2)21-18(23)15-6-4-13(5-7-15)14-8-10-16(11-9-14)22-28(3,25)26/h4-12,17,22H,20H2,1-3H3,(H,21,23)/t12-,17+/m1/s1. The highest BCUT2D eigenvalue weighted by molar-refractivity contribution is 7.92. The first kappa shape index (κ1) is 21.4. The molecule has 0 aliphatic heterocycles. The molecule has 2 aromatic carbocycles. The van der Waals surface area contributed by atoms with E-state index >= 15 is 0 Å². The molecule has 0 unspecified atom stereocenters. The third-order valence-electron chi connectivity index (χ3n) is 3.94. The zero-order valence-corrected chi connectivity index (χ0v) is 16.6. The second-order valence-electron chi connectivity index (χ2n) is 6.36. The molecule has 150 valence electrons. The van der Waals surface area contributed by atoms with Crippen LogP contribution < -0.4 is 15.8 Å². The van der Waals surface area contributed by atoms with Crippen molar-refractivity contribution in [2.24, 2.45) is 5.73 Å². The SMILES string of the molecule is COC(=O)[C@@H](NC(=O)c1ccc(-c2ccc(NS(C)(=O)=O)cc2)cc1)[C@@H](C)N. The molecule has 0 fully saturated rings. The van der Waals surface area contributed by atoms with E-state index in [9.17, 15) is 18.0 Å². The molecule has 0 aliphatic carbocycles. The number of benzene rings is 2. The van der Waals surface area contributed by atoms with Gasteiger partial charge in [0.05, 0.1) is 13.4 Å². The highest BCUT2D eigenvalue weighted by atomic mass is 32.2. The maximum Gasteiger partial charge on any atom is 0.329 e. The molecule has 8 nitrogen and oxygen atoms in total. The van der Waals surface area contributed by atoms with E-state index in [0.29, 0.717) is 11.3 Å². The van der Waals surface area contributed by atoms with E-state index in [1.807, 2.05) is 0 Å². The van der Waals surface area contributed by atoms with E-state index in [1.165, 1.54) is 7.11 Å². The lowest BCUT2D eigenvalue weighted by Gasteiger charge is -2.19. The second-order valence-corrected chi connectivity index (χ2v) is 8.11. The fourth-order valence-electron chi connectivity index (χ4n) is 2.52. The third-order valence-corrected chi connectivity index (χ3v) is 4.54. The summed E-state index contributed by atoms with van der Waals surface area (Å²) in [6.07, 6.45) is 1.08. The Kier molecular flexibility index (Phi) is 6.76. The van der Waals surface area contributed by atoms with Crippen molar-refractivity contribution in [3.63, 3.8) is 0 Å². The molecule has 0 aromatic heterocycles. The van der Waals surface area contributed by atoms with Crippen molar-refractivity contribution in [1.82, 2.24) is 5.32 Å². The summed E-state index contributed by atoms with van der Waals surface area (Å²) >= 11 is 0. The number of nitrogens with two attached hydrogens (primary N) is 1. The van der Waals surface area contributed by atoms with Gasteiger partial charge in [-0.15, -0.1) is 0 Å². The molecule has 0 heterocycles. The zero-order valence-electron chi connectivity index (χ0n) is 15.8. The van der Waals surface area contributed by atoms with Gasteiger partial charge in [-0.1, -0.05) is 24.3 Å². The Bertz CT molecular complexity index is 939. The van der Waals surface area contributed by atoms with E-state index in [0.717, 1.165) is 17.4 Å². The molecular formula is C19H23N3O5S. The number of carbonyl (C=O) groups is 2. The van der Waals surface area contributed by atoms with E-state index < -0.39 is 34.0 Å². The first-order chi connectivity index (χ1) is 13.1. The molecule has 0 saturated carbocycles. The summed E-state index contributed by atoms with van der Waals surface area (Å²) in [7, 11) is -2.10. The van der Waals surface area contributed by atoms with Gasteiger partial charge in [-0.25, -0.2) is 13.2 Å². The van der Waals surface area contributed by atoms with Gasteiger partial charge in [-0.05, 0) is 42.3 Å². The van der Waals surface area contributed by atoms with Crippen LogP contribution >= 0.6 is 0 Å². The first-order valence-corrected chi connectivity index (χ1v) is 10.3. The first-order valence-electron chi connectivity index (χ1n) is 8.43. The lowest BCUT2D eigenvalue weighted by molar-refractivity contribution is -0.143. The molecule has 0 spiro atoms. The van der Waals surface area contributed by atoms with Crippen molar-refractivity contribution in [2.75, 3.05) is 18.1 Å². The predicted molar refractivity (Wildman–Crippen MR) is 107 cm³/mol. The topological polar surface area (TPSA) is 128 Å². The van der Waals surface area contributed by atoms with Crippen molar-refractivity contribution in [1.29, 1.82) is 0 Å². The highest BCUT2D eigenvalue weighted by Gasteiger charge is 2.25. The number of methoxy groups -OCH3 is 1. The van der Waals surface area contributed by atoms with Crippen LogP contribution in [0.2, 0.25) is 0 Å². The van der Waals surface area contributed by atoms with Gasteiger partial charge in [0.25, 0.3) is 5.91 Å². The van der Waals surface area contributed by atoms with Gasteiger partial charge in [-0.3, -0.25) is 9.52 Å². The van der Waals surface area contributed by atoms with Gasteiger partial charge in [0.2, 0.25) is 10.0 Å². The zero-order chi connectivity index (χ0) is 20.9. The van der Waals surface area contributed by atoms with Crippen LogP contribution in [0.4, 0.5) is 5.69 Å². The number of anilines is 1. The van der Waals surface area contributed by atoms with Crippen LogP contribution in [0.3, 0.4) is 0 Å². The van der Waals surface area contributed by atoms with Gasteiger partial charge in [0, 0.05) is 17.3 Å². The number of hydrogen-bond donors (Lipinski definition) is 3. The summed E-state index contributed by atoms with van der Waals surface area (Å²) < 4.78 is 29.5. The molecule has 2 aromatic rings. The molecule has 2 atom stereocenters. The maximum absolute atomic E-state index is 12.4. The maximum atomic E-state index is 12.4. The van der Waals surface area contributed by atoms with Crippen LogP contribution in [0.5, 0.6) is 0 Å². The van der Waals surface area contributed by atoms with E-state index in [-0.39, 0.29) is 0 Å². The van der Waals surface area contributed by atoms with Crippen LogP contribution in [-0.4, -0.2) is 45.7 Å². The van der Waals surface area contributed by atoms with Crippen LogP contribution in [0, 0.1) is 0 Å². The van der Waals surface area contributed by atoms with Gasteiger partial charge >= 0.3 is 5.97 Å². The molecule has 2 rings (SSSR count). The largest absolute Gasteiger partial charge is 0.467 e. The average Bonchev–Trinajstić information content (AvgIpc) is 2.64. The average molecular weight is 405 g/mol. The summed E-state index contributed by atoms with van der Waals surface area (Å²) in [6.45, 7) is 1.60. The molecule has 1 amide bonds. The molecule has 4 N–H and O–H groups in total. The van der Waals surface area contributed by atoms with Gasteiger partial charge in [-0.2, -0.15) is 0 Å². The summed E-state index contributed by atoms with van der Waals surface area (Å²) in [5.74, 6) is -1.05. The Morgan fingerprint density at radius 1 is 1.00 bits per heavy atom. The molecule has 0 saturated heterocycles. The van der Waals surface area contributed by atoms with E-state index in [4.69, 9.17) is 5.73 Å². The van der Waals surface area contributed by atoms with Gasteiger partial charge in [0.1, 0.15) is 6.04 Å². The Morgan fingerprint density at radius 3 is 1.93 bits per heavy atom. The quantitative estimate of drug-likeness (QED) is 0.597. The summed E-state index contributed by atoms with van der Waals surface area (Å²) in [4.78, 5) is 24.1. The van der Waals surface area contributed by atoms with Crippen molar-refractivity contribution in [3.8, 4) is 11.1 Å². The lowest BCUT2D eigenvalue weighted by Crippen LogP contribution is -2.51. The summed E-state index contributed by atoms with van der Waals surface area (Å²) in [5.41, 5.74) is 8.27. The number of carbonyl (C=O) groups excluding carboxylic acids is 2. The van der Waals surface area contributed by atoms with Gasteiger partial charge < -0.3 is 15.8 Å². The Morgan fingerprint density at radius 2 is 1.50 bits per heavy atom. The van der Waals surface area contributed by atoms with Crippen molar-refractivity contribution in [2.45, 2.75) is 19.0 Å².